The number of carbonyl (C=O) groups excluding carboxylic acids is 3. The molecular formula is C29H32N4O5. The molecule has 0 radical (unpaired) electrons. The normalized spacial score (nSPS) is 21.8. The Kier molecular flexibility index (Phi) is 6.46. The van der Waals surface area contributed by atoms with Crippen molar-refractivity contribution in [2.75, 3.05) is 7.11 Å². The molecule has 1 fully saturated rings. The van der Waals surface area contributed by atoms with Gasteiger partial charge in [-0.25, -0.2) is 9.59 Å². The molecular weight excluding hydrogens is 484 g/mol. The molecule has 9 heteroatoms. The van der Waals surface area contributed by atoms with E-state index in [1.807, 2.05) is 75.4 Å². The number of ether oxygens (including phenoxy) is 2. The summed E-state index contributed by atoms with van der Waals surface area (Å²) in [7, 11) is 1.27. The number of rotatable bonds is 5. The Labute approximate surface area is 221 Å². The lowest BCUT2D eigenvalue weighted by Crippen LogP contribution is -2.52. The number of hydrogen-bond donors (Lipinski definition) is 2. The van der Waals surface area contributed by atoms with Gasteiger partial charge in [0.2, 0.25) is 5.78 Å². The van der Waals surface area contributed by atoms with E-state index in [9.17, 15) is 14.4 Å². The number of esters is 1. The highest BCUT2D eigenvalue weighted by Crippen LogP contribution is 2.45. The predicted molar refractivity (Wildman–Crippen MR) is 141 cm³/mol. The highest BCUT2D eigenvalue weighted by Gasteiger charge is 2.45. The van der Waals surface area contributed by atoms with Crippen LogP contribution >= 0.6 is 0 Å². The Hall–Kier alpha value is -4.14. The second kappa shape index (κ2) is 9.63. The summed E-state index contributed by atoms with van der Waals surface area (Å²) in [4.78, 5) is 42.5. The van der Waals surface area contributed by atoms with Crippen molar-refractivity contribution in [3.05, 3.63) is 83.1 Å². The first-order valence-corrected chi connectivity index (χ1v) is 12.7. The van der Waals surface area contributed by atoms with E-state index in [4.69, 9.17) is 14.5 Å². The topological polar surface area (TPSA) is 109 Å². The fourth-order valence-corrected chi connectivity index (χ4v) is 5.17. The molecule has 38 heavy (non-hydrogen) atoms. The largest absolute Gasteiger partial charge is 0.464 e. The van der Waals surface area contributed by atoms with Crippen LogP contribution in [0.5, 0.6) is 0 Å². The van der Waals surface area contributed by atoms with Crippen molar-refractivity contribution in [1.29, 1.82) is 0 Å². The smallest absolute Gasteiger partial charge is 0.408 e. The van der Waals surface area contributed by atoms with Crippen molar-refractivity contribution in [2.45, 2.75) is 63.3 Å². The first-order chi connectivity index (χ1) is 18.1. The third-order valence-corrected chi connectivity index (χ3v) is 7.10. The number of alkyl carbamates (subject to hydrolysis) is 1. The summed E-state index contributed by atoms with van der Waals surface area (Å²) < 4.78 is 10.3. The second-order valence-corrected chi connectivity index (χ2v) is 10.8. The molecule has 9 nitrogen and oxygen atoms in total. The summed E-state index contributed by atoms with van der Waals surface area (Å²) >= 11 is 0. The number of fused-ring (bicyclic) bond motifs is 1. The molecule has 0 saturated heterocycles. The zero-order valence-corrected chi connectivity index (χ0v) is 22.0. The maximum Gasteiger partial charge on any atom is 0.408 e. The van der Waals surface area contributed by atoms with Crippen molar-refractivity contribution < 1.29 is 23.9 Å². The quantitative estimate of drug-likeness (QED) is 0.573. The molecule has 0 aromatic heterocycles. The van der Waals surface area contributed by atoms with Gasteiger partial charge in [0.05, 0.1) is 12.6 Å². The van der Waals surface area contributed by atoms with E-state index in [1.54, 1.807) is 5.01 Å². The van der Waals surface area contributed by atoms with Crippen LogP contribution in [0.25, 0.3) is 0 Å². The van der Waals surface area contributed by atoms with Gasteiger partial charge >= 0.3 is 12.1 Å². The highest BCUT2D eigenvalue weighted by atomic mass is 16.6. The lowest BCUT2D eigenvalue weighted by molar-refractivity contribution is -0.137. The molecule has 198 valence electrons. The van der Waals surface area contributed by atoms with Gasteiger partial charge in [-0.1, -0.05) is 54.6 Å². The van der Waals surface area contributed by atoms with Gasteiger partial charge in [-0.05, 0) is 56.7 Å². The third-order valence-electron chi connectivity index (χ3n) is 7.10. The van der Waals surface area contributed by atoms with Crippen LogP contribution in [0.1, 0.15) is 68.8 Å². The van der Waals surface area contributed by atoms with Gasteiger partial charge in [0.15, 0.2) is 5.84 Å². The van der Waals surface area contributed by atoms with E-state index in [1.165, 1.54) is 13.2 Å². The van der Waals surface area contributed by atoms with E-state index in [-0.39, 0.29) is 23.4 Å². The first kappa shape index (κ1) is 25.5. The molecule has 1 aliphatic carbocycles. The van der Waals surface area contributed by atoms with Gasteiger partial charge in [0, 0.05) is 6.08 Å². The molecule has 1 amide bonds. The van der Waals surface area contributed by atoms with Crippen LogP contribution in [0.4, 0.5) is 4.79 Å². The molecule has 2 aromatic rings. The molecule has 2 heterocycles. The Bertz CT molecular complexity index is 1310. The zero-order valence-electron chi connectivity index (χ0n) is 22.0. The molecule has 1 saturated carbocycles. The van der Waals surface area contributed by atoms with E-state index in [0.29, 0.717) is 0 Å². The Morgan fingerprint density at radius 1 is 1.05 bits per heavy atom. The summed E-state index contributed by atoms with van der Waals surface area (Å²) in [5.41, 5.74) is 4.92. The SMILES string of the molecule is COC(=O)C1=CC(=O)C2=NC(c3ccc(C4(NC(=O)OC(C)(C)C)CCC4)cc3)C(c3ccccc3)N2N1. The standard InChI is InChI=1S/C29H32N4O5/c1-28(2,3)38-27(36)31-29(15-8-16-29)20-13-11-18(12-14-20)23-24(19-9-6-5-7-10-19)33-25(30-23)22(34)17-21(32-33)26(35)37-4/h5-7,9-14,17,23-24,32H,8,15-16H2,1-4H3,(H,31,36). The first-order valence-electron chi connectivity index (χ1n) is 12.7. The summed E-state index contributed by atoms with van der Waals surface area (Å²) in [6.07, 6.45) is 3.47. The molecule has 2 atom stereocenters. The minimum Gasteiger partial charge on any atom is -0.464 e. The lowest BCUT2D eigenvalue weighted by Gasteiger charge is -2.43. The number of nitrogens with one attached hydrogen (secondary N) is 2. The minimum absolute atomic E-state index is 0.0634. The summed E-state index contributed by atoms with van der Waals surface area (Å²) in [5.74, 6) is -0.748. The van der Waals surface area contributed by atoms with E-state index in [0.717, 1.165) is 36.0 Å². The number of aliphatic imine (C=N–C) groups is 1. The van der Waals surface area contributed by atoms with Crippen LogP contribution in [0, 0.1) is 0 Å². The predicted octanol–water partition coefficient (Wildman–Crippen LogP) is 4.23. The molecule has 2 unspecified atom stereocenters. The molecule has 0 spiro atoms. The van der Waals surface area contributed by atoms with Crippen molar-refractivity contribution in [3.8, 4) is 0 Å². The van der Waals surface area contributed by atoms with Gasteiger partial charge in [0.25, 0.3) is 0 Å². The molecule has 2 aliphatic heterocycles. The van der Waals surface area contributed by atoms with Crippen LogP contribution in [-0.4, -0.2) is 41.4 Å². The van der Waals surface area contributed by atoms with Crippen LogP contribution in [0.3, 0.4) is 0 Å². The zero-order chi connectivity index (χ0) is 27.1. The van der Waals surface area contributed by atoms with Gasteiger partial charge < -0.3 is 14.8 Å². The molecule has 0 bridgehead atoms. The third kappa shape index (κ3) is 4.76. The van der Waals surface area contributed by atoms with E-state index < -0.39 is 29.2 Å². The molecule has 3 aliphatic rings. The van der Waals surface area contributed by atoms with Gasteiger partial charge in [-0.2, -0.15) is 0 Å². The second-order valence-electron chi connectivity index (χ2n) is 10.8. The summed E-state index contributed by atoms with van der Waals surface area (Å²) in [6, 6.07) is 17.0. The van der Waals surface area contributed by atoms with Crippen molar-refractivity contribution in [1.82, 2.24) is 15.8 Å². The number of amides is 1. The van der Waals surface area contributed by atoms with Crippen LogP contribution < -0.4 is 10.7 Å². The average molecular weight is 517 g/mol. The fourth-order valence-electron chi connectivity index (χ4n) is 5.17. The fraction of sp³-hybridized carbons (Fsp3) is 0.379. The Balaban J connectivity index is 1.44. The number of amidine groups is 1. The summed E-state index contributed by atoms with van der Waals surface area (Å²) in [6.45, 7) is 5.54. The number of carbonyl (C=O) groups is 3. The number of methoxy groups -OCH3 is 1. The Morgan fingerprint density at radius 3 is 2.32 bits per heavy atom. The van der Waals surface area contributed by atoms with Gasteiger partial charge in [-0.15, -0.1) is 0 Å². The van der Waals surface area contributed by atoms with Gasteiger partial charge in [-0.3, -0.25) is 20.2 Å². The van der Waals surface area contributed by atoms with Crippen molar-refractivity contribution in [2.24, 2.45) is 4.99 Å². The molecule has 5 rings (SSSR count). The molecule has 2 aromatic carbocycles. The van der Waals surface area contributed by atoms with Crippen molar-refractivity contribution in [3.63, 3.8) is 0 Å². The van der Waals surface area contributed by atoms with Gasteiger partial charge in [0.1, 0.15) is 23.4 Å². The van der Waals surface area contributed by atoms with Crippen molar-refractivity contribution >= 4 is 23.7 Å². The highest BCUT2D eigenvalue weighted by molar-refractivity contribution is 6.44. The Morgan fingerprint density at radius 2 is 1.74 bits per heavy atom. The number of benzene rings is 2. The number of hydrogen-bond acceptors (Lipinski definition) is 8. The van der Waals surface area contributed by atoms with E-state index >= 15 is 0 Å². The monoisotopic (exact) mass is 516 g/mol. The minimum atomic E-state index is -0.625. The number of ketones is 1. The average Bonchev–Trinajstić information content (AvgIpc) is 3.25. The maximum atomic E-state index is 12.9. The van der Waals surface area contributed by atoms with E-state index in [2.05, 4.69) is 10.7 Å². The maximum absolute atomic E-state index is 12.9. The number of nitrogens with zero attached hydrogens (tertiary/aromatic N) is 2. The number of hydrazine groups is 1. The van der Waals surface area contributed by atoms with Crippen LogP contribution in [-0.2, 0) is 24.6 Å². The lowest BCUT2D eigenvalue weighted by atomic mass is 9.71. The van der Waals surface area contributed by atoms with Crippen LogP contribution in [0.2, 0.25) is 0 Å². The summed E-state index contributed by atoms with van der Waals surface area (Å²) in [5, 5.41) is 4.74. The van der Waals surface area contributed by atoms with Crippen LogP contribution in [0.15, 0.2) is 71.4 Å². The molecule has 2 N–H and O–H groups in total.